The molecule has 2 aromatic heterocycles. The third-order valence-electron chi connectivity index (χ3n) is 3.05. The summed E-state index contributed by atoms with van der Waals surface area (Å²) in [7, 11) is 0. The third kappa shape index (κ3) is 3.20. The van der Waals surface area contributed by atoms with Gasteiger partial charge in [0.2, 0.25) is 0 Å². The van der Waals surface area contributed by atoms with E-state index in [1.165, 1.54) is 0 Å². The molecule has 0 aliphatic rings. The molecule has 0 saturated heterocycles. The van der Waals surface area contributed by atoms with Gasteiger partial charge in [-0.1, -0.05) is 28.3 Å². The first-order chi connectivity index (χ1) is 11.1. The zero-order valence-electron chi connectivity index (χ0n) is 12.0. The van der Waals surface area contributed by atoms with Crippen LogP contribution in [0.2, 0.25) is 10.0 Å². The molecule has 2 heterocycles. The Hall–Kier alpha value is -2.38. The van der Waals surface area contributed by atoms with Crippen molar-refractivity contribution in [3.8, 4) is 11.5 Å². The maximum absolute atomic E-state index is 12.2. The summed E-state index contributed by atoms with van der Waals surface area (Å²) in [5.41, 5.74) is 0.888. The van der Waals surface area contributed by atoms with Crippen molar-refractivity contribution in [2.75, 3.05) is 5.32 Å². The van der Waals surface area contributed by atoms with Crippen LogP contribution in [-0.2, 0) is 6.54 Å². The Morgan fingerprint density at radius 1 is 1.30 bits per heavy atom. The molecule has 23 heavy (non-hydrogen) atoms. The molecule has 9 heteroatoms. The van der Waals surface area contributed by atoms with Gasteiger partial charge in [-0.15, -0.1) is 5.10 Å². The van der Waals surface area contributed by atoms with E-state index in [0.29, 0.717) is 27.8 Å². The molecule has 3 aromatic rings. The molecule has 3 rings (SSSR count). The highest BCUT2D eigenvalue weighted by molar-refractivity contribution is 6.35. The van der Waals surface area contributed by atoms with Crippen LogP contribution in [0.3, 0.4) is 0 Å². The lowest BCUT2D eigenvalue weighted by molar-refractivity contribution is 0.101. The quantitative estimate of drug-likeness (QED) is 0.777. The highest BCUT2D eigenvalue weighted by Crippen LogP contribution is 2.30. The van der Waals surface area contributed by atoms with E-state index in [1.54, 1.807) is 35.1 Å². The Morgan fingerprint density at radius 3 is 2.91 bits per heavy atom. The van der Waals surface area contributed by atoms with Gasteiger partial charge in [0.05, 0.1) is 10.6 Å². The Labute approximate surface area is 141 Å². The fourth-order valence-electron chi connectivity index (χ4n) is 1.98. The lowest BCUT2D eigenvalue weighted by Crippen LogP contribution is -2.17. The molecule has 1 aromatic carbocycles. The number of nitrogens with zero attached hydrogens (tertiary/aromatic N) is 4. The van der Waals surface area contributed by atoms with Crippen molar-refractivity contribution in [1.82, 2.24) is 20.0 Å². The number of benzene rings is 1. The minimum atomic E-state index is -0.392. The van der Waals surface area contributed by atoms with Crippen molar-refractivity contribution < 1.29 is 9.21 Å². The van der Waals surface area contributed by atoms with Crippen molar-refractivity contribution in [3.05, 3.63) is 46.2 Å². The number of rotatable bonds is 4. The highest BCUT2D eigenvalue weighted by atomic mass is 35.5. The Balaban J connectivity index is 1.82. The first-order valence-corrected chi connectivity index (χ1v) is 7.46. The second kappa shape index (κ2) is 6.39. The third-order valence-corrected chi connectivity index (χ3v) is 3.62. The topological polar surface area (TPSA) is 85.8 Å². The van der Waals surface area contributed by atoms with Gasteiger partial charge in [0, 0.05) is 17.8 Å². The van der Waals surface area contributed by atoms with E-state index in [-0.39, 0.29) is 11.9 Å². The number of anilines is 1. The van der Waals surface area contributed by atoms with Crippen LogP contribution in [0.4, 0.5) is 6.01 Å². The summed E-state index contributed by atoms with van der Waals surface area (Å²) < 4.78 is 6.98. The van der Waals surface area contributed by atoms with Gasteiger partial charge in [-0.05, 0) is 31.2 Å². The molecular formula is C14H11Cl2N5O2. The Bertz CT molecular complexity index is 858. The second-order valence-electron chi connectivity index (χ2n) is 4.52. The van der Waals surface area contributed by atoms with Crippen molar-refractivity contribution in [3.63, 3.8) is 0 Å². The molecule has 0 bridgehead atoms. The monoisotopic (exact) mass is 351 g/mol. The van der Waals surface area contributed by atoms with Crippen LogP contribution in [-0.4, -0.2) is 25.9 Å². The maximum Gasteiger partial charge on any atom is 0.322 e. The predicted octanol–water partition coefficient (Wildman–Crippen LogP) is 3.51. The molecule has 0 aliphatic carbocycles. The second-order valence-corrected chi connectivity index (χ2v) is 5.37. The van der Waals surface area contributed by atoms with Crippen molar-refractivity contribution >= 4 is 35.1 Å². The van der Waals surface area contributed by atoms with Crippen LogP contribution < -0.4 is 5.32 Å². The van der Waals surface area contributed by atoms with Crippen LogP contribution in [0.5, 0.6) is 0 Å². The van der Waals surface area contributed by atoms with E-state index in [9.17, 15) is 4.79 Å². The molecule has 1 N–H and O–H groups in total. The average Bonchev–Trinajstić information content (AvgIpc) is 3.18. The number of halogens is 2. The summed E-state index contributed by atoms with van der Waals surface area (Å²) in [6.45, 7) is 2.46. The van der Waals surface area contributed by atoms with Crippen molar-refractivity contribution in [1.29, 1.82) is 0 Å². The van der Waals surface area contributed by atoms with Gasteiger partial charge in [0.25, 0.3) is 11.8 Å². The van der Waals surface area contributed by atoms with Gasteiger partial charge in [0.1, 0.15) is 5.69 Å². The zero-order chi connectivity index (χ0) is 16.4. The van der Waals surface area contributed by atoms with E-state index in [2.05, 4.69) is 20.6 Å². The van der Waals surface area contributed by atoms with Gasteiger partial charge in [-0.25, -0.2) is 0 Å². The van der Waals surface area contributed by atoms with Gasteiger partial charge < -0.3 is 4.42 Å². The molecule has 0 radical (unpaired) electrons. The molecule has 0 fully saturated rings. The molecule has 0 aliphatic heterocycles. The number of aromatic nitrogens is 4. The van der Waals surface area contributed by atoms with Gasteiger partial charge >= 0.3 is 6.01 Å². The first kappa shape index (κ1) is 15.5. The molecule has 118 valence electrons. The summed E-state index contributed by atoms with van der Waals surface area (Å²) in [5.74, 6) is -0.228. The van der Waals surface area contributed by atoms with Crippen LogP contribution >= 0.6 is 23.2 Å². The number of nitrogens with one attached hydrogen (secondary N) is 1. The smallest absolute Gasteiger partial charge is 0.322 e. The fraction of sp³-hybridized carbons (Fsp3) is 0.143. The number of amides is 1. The number of aryl methyl sites for hydroxylation is 1. The SMILES string of the molecule is CCn1nccc1C(=O)Nc1nnc(-c2cc(Cl)ccc2Cl)o1. The van der Waals surface area contributed by atoms with E-state index in [1.807, 2.05) is 6.92 Å². The van der Waals surface area contributed by atoms with Crippen molar-refractivity contribution in [2.45, 2.75) is 13.5 Å². The van der Waals surface area contributed by atoms with E-state index in [0.717, 1.165) is 0 Å². The summed E-state index contributed by atoms with van der Waals surface area (Å²) in [4.78, 5) is 12.2. The average molecular weight is 352 g/mol. The Morgan fingerprint density at radius 2 is 2.13 bits per heavy atom. The fourth-order valence-corrected chi connectivity index (χ4v) is 2.35. The van der Waals surface area contributed by atoms with Gasteiger partial charge in [0.15, 0.2) is 0 Å². The summed E-state index contributed by atoms with van der Waals surface area (Å²) in [6.07, 6.45) is 1.55. The van der Waals surface area contributed by atoms with Crippen LogP contribution in [0.15, 0.2) is 34.9 Å². The zero-order valence-corrected chi connectivity index (χ0v) is 13.5. The molecule has 1 amide bonds. The number of hydrogen-bond acceptors (Lipinski definition) is 5. The highest BCUT2D eigenvalue weighted by Gasteiger charge is 2.17. The van der Waals surface area contributed by atoms with E-state index in [4.69, 9.17) is 27.6 Å². The lowest BCUT2D eigenvalue weighted by Gasteiger charge is -2.03. The summed E-state index contributed by atoms with van der Waals surface area (Å²) in [5, 5.41) is 15.1. The van der Waals surface area contributed by atoms with E-state index >= 15 is 0 Å². The standard InChI is InChI=1S/C14H11Cl2N5O2/c1-2-21-11(5-6-17-21)12(22)18-14-20-19-13(23-14)9-7-8(15)3-4-10(9)16/h3-7H,2H2,1H3,(H,18,20,22). The Kier molecular flexibility index (Phi) is 4.31. The van der Waals surface area contributed by atoms with Crippen molar-refractivity contribution in [2.24, 2.45) is 0 Å². The maximum atomic E-state index is 12.2. The molecule has 0 atom stereocenters. The summed E-state index contributed by atoms with van der Waals surface area (Å²) >= 11 is 12.0. The lowest BCUT2D eigenvalue weighted by atomic mass is 10.2. The summed E-state index contributed by atoms with van der Waals surface area (Å²) in [6, 6.07) is 6.45. The molecule has 0 saturated carbocycles. The molecule has 7 nitrogen and oxygen atoms in total. The number of carbonyl (C=O) groups is 1. The predicted molar refractivity (Wildman–Crippen MR) is 85.6 cm³/mol. The largest absolute Gasteiger partial charge is 0.403 e. The first-order valence-electron chi connectivity index (χ1n) is 6.70. The van der Waals surface area contributed by atoms with Gasteiger partial charge in [-0.2, -0.15) is 5.10 Å². The minimum absolute atomic E-state index is 0.0371. The van der Waals surface area contributed by atoms with Crippen LogP contribution in [0.1, 0.15) is 17.4 Å². The van der Waals surface area contributed by atoms with Gasteiger partial charge in [-0.3, -0.25) is 14.8 Å². The van der Waals surface area contributed by atoms with Crippen LogP contribution in [0, 0.1) is 0 Å². The minimum Gasteiger partial charge on any atom is -0.403 e. The van der Waals surface area contributed by atoms with E-state index < -0.39 is 5.91 Å². The van der Waals surface area contributed by atoms with Crippen LogP contribution in [0.25, 0.3) is 11.5 Å². The number of carbonyl (C=O) groups excluding carboxylic acids is 1. The molecule has 0 spiro atoms. The molecule has 0 unspecified atom stereocenters. The molecular weight excluding hydrogens is 341 g/mol. The normalized spacial score (nSPS) is 10.7. The number of hydrogen-bond donors (Lipinski definition) is 1.